The summed E-state index contributed by atoms with van der Waals surface area (Å²) in [4.78, 5) is 41.6. The summed E-state index contributed by atoms with van der Waals surface area (Å²) in [5.41, 5.74) is 0.485. The smallest absolute Gasteiger partial charge is 0.262 e. The maximum atomic E-state index is 13.0. The van der Waals surface area contributed by atoms with E-state index in [0.717, 1.165) is 10.8 Å². The lowest BCUT2D eigenvalue weighted by atomic mass is 10.1. The molecule has 0 saturated carbocycles. The van der Waals surface area contributed by atoms with Crippen molar-refractivity contribution in [1.82, 2.24) is 20.2 Å². The number of carbonyl (C=O) groups excluding carboxylic acids is 2. The van der Waals surface area contributed by atoms with Crippen LogP contribution >= 0.6 is 11.8 Å². The minimum Gasteiger partial charge on any atom is -0.355 e. The highest BCUT2D eigenvalue weighted by Crippen LogP contribution is 2.22. The third-order valence-corrected chi connectivity index (χ3v) is 5.53. The zero-order valence-electron chi connectivity index (χ0n) is 16.7. The molecule has 0 fully saturated rings. The van der Waals surface area contributed by atoms with Gasteiger partial charge >= 0.3 is 0 Å². The first-order valence-electron chi connectivity index (χ1n) is 9.57. The molecule has 3 rings (SSSR count). The number of hydrogen-bond donors (Lipinski definition) is 2. The summed E-state index contributed by atoms with van der Waals surface area (Å²) >= 11 is 1.19. The molecule has 0 aliphatic heterocycles. The Morgan fingerprint density at radius 3 is 2.52 bits per heavy atom. The molecule has 0 saturated heterocycles. The topological polar surface area (TPSA) is 93.1 Å². The number of rotatable bonds is 7. The number of nitrogens with zero attached hydrogens (tertiary/aromatic N) is 2. The Bertz CT molecular complexity index is 1130. The second kappa shape index (κ2) is 9.09. The van der Waals surface area contributed by atoms with E-state index in [-0.39, 0.29) is 23.1 Å². The van der Waals surface area contributed by atoms with Gasteiger partial charge in [-0.3, -0.25) is 19.0 Å². The zero-order chi connectivity index (χ0) is 21.0. The standard InChI is InChI=1S/C21H24N4O3S/c1-4-22-19(27)13(3)23-18(26)12-29-21-24-17-11-15-9-7-6-8-14(15)10-16(17)20(28)25(21)5-2/h6-11,13H,4-5,12H2,1-3H3,(H,22,27)(H,23,26)/t13-/m0/s1. The number of nitrogens with one attached hydrogen (secondary N) is 2. The van der Waals surface area contributed by atoms with Gasteiger partial charge < -0.3 is 10.6 Å². The van der Waals surface area contributed by atoms with Crippen LogP contribution < -0.4 is 16.2 Å². The summed E-state index contributed by atoms with van der Waals surface area (Å²) in [6.07, 6.45) is 0. The van der Waals surface area contributed by atoms with E-state index < -0.39 is 6.04 Å². The molecular weight excluding hydrogens is 388 g/mol. The number of amides is 2. The number of likely N-dealkylation sites (N-methyl/N-ethyl adjacent to an activating group) is 1. The Labute approximate surface area is 172 Å². The second-order valence-corrected chi connectivity index (χ2v) is 7.58. The number of benzene rings is 2. The molecule has 0 spiro atoms. The summed E-state index contributed by atoms with van der Waals surface area (Å²) in [5, 5.41) is 8.37. The summed E-state index contributed by atoms with van der Waals surface area (Å²) in [5.74, 6) is -0.453. The second-order valence-electron chi connectivity index (χ2n) is 6.63. The molecule has 7 nitrogen and oxygen atoms in total. The Balaban J connectivity index is 1.85. The van der Waals surface area contributed by atoms with Gasteiger partial charge in [0.25, 0.3) is 5.56 Å². The first-order valence-corrected chi connectivity index (χ1v) is 10.6. The van der Waals surface area contributed by atoms with Crippen LogP contribution in [0.1, 0.15) is 20.8 Å². The van der Waals surface area contributed by atoms with E-state index in [1.54, 1.807) is 11.5 Å². The van der Waals surface area contributed by atoms with E-state index in [9.17, 15) is 14.4 Å². The molecule has 1 aromatic heterocycles. The van der Waals surface area contributed by atoms with Crippen molar-refractivity contribution in [3.05, 3.63) is 46.8 Å². The molecule has 0 aliphatic rings. The molecule has 152 valence electrons. The quantitative estimate of drug-likeness (QED) is 0.353. The fraction of sp³-hybridized carbons (Fsp3) is 0.333. The van der Waals surface area contributed by atoms with Crippen LogP contribution in [0.4, 0.5) is 0 Å². The largest absolute Gasteiger partial charge is 0.355 e. The molecule has 0 aliphatic carbocycles. The van der Waals surface area contributed by atoms with Crippen LogP contribution in [-0.4, -0.2) is 39.7 Å². The van der Waals surface area contributed by atoms with Crippen LogP contribution in [0.15, 0.2) is 46.3 Å². The van der Waals surface area contributed by atoms with Gasteiger partial charge in [-0.1, -0.05) is 36.0 Å². The van der Waals surface area contributed by atoms with E-state index in [0.29, 0.717) is 29.1 Å². The lowest BCUT2D eigenvalue weighted by Crippen LogP contribution is -2.45. The Morgan fingerprint density at radius 1 is 1.17 bits per heavy atom. The van der Waals surface area contributed by atoms with Crippen molar-refractivity contribution in [3.8, 4) is 0 Å². The van der Waals surface area contributed by atoms with Gasteiger partial charge in [-0.15, -0.1) is 0 Å². The van der Waals surface area contributed by atoms with Crippen molar-refractivity contribution < 1.29 is 9.59 Å². The third-order valence-electron chi connectivity index (χ3n) is 4.56. The fourth-order valence-corrected chi connectivity index (χ4v) is 3.96. The maximum Gasteiger partial charge on any atom is 0.262 e. The van der Waals surface area contributed by atoms with Gasteiger partial charge in [-0.05, 0) is 43.7 Å². The Hall–Kier alpha value is -2.87. The van der Waals surface area contributed by atoms with E-state index in [1.807, 2.05) is 50.2 Å². The minimum absolute atomic E-state index is 0.0648. The van der Waals surface area contributed by atoms with Crippen molar-refractivity contribution >= 4 is 45.3 Å². The van der Waals surface area contributed by atoms with Crippen LogP contribution in [0, 0.1) is 0 Å². The molecule has 3 aromatic rings. The average molecular weight is 413 g/mol. The summed E-state index contributed by atoms with van der Waals surface area (Å²) in [7, 11) is 0. The van der Waals surface area contributed by atoms with Gasteiger partial charge in [0.2, 0.25) is 11.8 Å². The number of fused-ring (bicyclic) bond motifs is 2. The normalized spacial score (nSPS) is 12.1. The molecule has 0 bridgehead atoms. The highest BCUT2D eigenvalue weighted by atomic mass is 32.2. The van der Waals surface area contributed by atoms with Gasteiger partial charge in [-0.25, -0.2) is 4.98 Å². The highest BCUT2D eigenvalue weighted by Gasteiger charge is 2.17. The zero-order valence-corrected chi connectivity index (χ0v) is 17.5. The van der Waals surface area contributed by atoms with Crippen molar-refractivity contribution in [2.75, 3.05) is 12.3 Å². The Morgan fingerprint density at radius 2 is 1.86 bits per heavy atom. The SMILES string of the molecule is CCNC(=O)[C@H](C)NC(=O)CSc1nc2cc3ccccc3cc2c(=O)n1CC. The lowest BCUT2D eigenvalue weighted by molar-refractivity contribution is -0.127. The van der Waals surface area contributed by atoms with Crippen LogP contribution in [0.25, 0.3) is 21.7 Å². The van der Waals surface area contributed by atoms with Gasteiger partial charge in [0, 0.05) is 13.1 Å². The van der Waals surface area contributed by atoms with E-state index in [1.165, 1.54) is 11.8 Å². The molecule has 29 heavy (non-hydrogen) atoms. The highest BCUT2D eigenvalue weighted by molar-refractivity contribution is 7.99. The van der Waals surface area contributed by atoms with E-state index in [2.05, 4.69) is 15.6 Å². The van der Waals surface area contributed by atoms with Gasteiger partial charge in [0.05, 0.1) is 16.7 Å². The van der Waals surface area contributed by atoms with Crippen molar-refractivity contribution in [2.45, 2.75) is 38.5 Å². The number of thioether (sulfide) groups is 1. The van der Waals surface area contributed by atoms with Crippen LogP contribution in [0.2, 0.25) is 0 Å². The van der Waals surface area contributed by atoms with Crippen LogP contribution in [0.3, 0.4) is 0 Å². The van der Waals surface area contributed by atoms with Gasteiger partial charge in [-0.2, -0.15) is 0 Å². The molecular formula is C21H24N4O3S. The maximum absolute atomic E-state index is 13.0. The predicted octanol–water partition coefficient (Wildman–Crippen LogP) is 2.30. The van der Waals surface area contributed by atoms with Crippen LogP contribution in [0.5, 0.6) is 0 Å². The van der Waals surface area contributed by atoms with Gasteiger partial charge in [0.15, 0.2) is 5.16 Å². The van der Waals surface area contributed by atoms with Crippen molar-refractivity contribution in [3.63, 3.8) is 0 Å². The number of carbonyl (C=O) groups is 2. The molecule has 0 unspecified atom stereocenters. The van der Waals surface area contributed by atoms with E-state index in [4.69, 9.17) is 0 Å². The number of aromatic nitrogens is 2. The minimum atomic E-state index is -0.618. The summed E-state index contributed by atoms with van der Waals surface area (Å²) in [6.45, 7) is 6.28. The van der Waals surface area contributed by atoms with E-state index >= 15 is 0 Å². The van der Waals surface area contributed by atoms with Crippen molar-refractivity contribution in [1.29, 1.82) is 0 Å². The summed E-state index contributed by atoms with van der Waals surface area (Å²) < 4.78 is 1.57. The van der Waals surface area contributed by atoms with Crippen molar-refractivity contribution in [2.24, 2.45) is 0 Å². The Kier molecular flexibility index (Phi) is 6.53. The van der Waals surface area contributed by atoms with Crippen LogP contribution in [-0.2, 0) is 16.1 Å². The first kappa shape index (κ1) is 20.9. The molecule has 0 radical (unpaired) electrons. The average Bonchev–Trinajstić information content (AvgIpc) is 2.71. The predicted molar refractivity (Wildman–Crippen MR) is 116 cm³/mol. The molecule has 2 aromatic carbocycles. The molecule has 2 N–H and O–H groups in total. The lowest BCUT2D eigenvalue weighted by Gasteiger charge is -2.14. The fourth-order valence-electron chi connectivity index (χ4n) is 3.08. The third kappa shape index (κ3) is 4.59. The number of hydrogen-bond acceptors (Lipinski definition) is 5. The monoisotopic (exact) mass is 412 g/mol. The molecule has 1 atom stereocenters. The van der Waals surface area contributed by atoms with Gasteiger partial charge in [0.1, 0.15) is 6.04 Å². The molecule has 1 heterocycles. The summed E-state index contributed by atoms with van der Waals surface area (Å²) in [6, 6.07) is 11.0. The first-order chi connectivity index (χ1) is 13.9. The molecule has 2 amide bonds. The molecule has 8 heteroatoms.